The predicted molar refractivity (Wildman–Crippen MR) is 126 cm³/mol. The maximum atomic E-state index is 12.9. The van der Waals surface area contributed by atoms with Crippen LogP contribution in [0.2, 0.25) is 0 Å². The van der Waals surface area contributed by atoms with Gasteiger partial charge in [-0.25, -0.2) is 0 Å². The van der Waals surface area contributed by atoms with Gasteiger partial charge in [0.2, 0.25) is 11.8 Å². The van der Waals surface area contributed by atoms with E-state index in [1.54, 1.807) is 18.4 Å². The van der Waals surface area contributed by atoms with Crippen LogP contribution in [-0.2, 0) is 27.2 Å². The fourth-order valence-electron chi connectivity index (χ4n) is 4.34. The fourth-order valence-corrected chi connectivity index (χ4v) is 5.59. The van der Waals surface area contributed by atoms with Crippen molar-refractivity contribution in [3.63, 3.8) is 0 Å². The third-order valence-corrected chi connectivity index (χ3v) is 7.53. The highest BCUT2D eigenvalue weighted by Crippen LogP contribution is 2.37. The van der Waals surface area contributed by atoms with Crippen LogP contribution in [-0.4, -0.2) is 80.6 Å². The average Bonchev–Trinajstić information content (AvgIpc) is 2.95. The van der Waals surface area contributed by atoms with E-state index in [1.165, 1.54) is 11.3 Å². The van der Waals surface area contributed by atoms with Crippen molar-refractivity contribution in [1.82, 2.24) is 15.1 Å². The molecule has 9 heteroatoms. The first kappa shape index (κ1) is 24.6. The molecule has 1 aliphatic carbocycles. The standard InChI is InChI=1S/C23H35N5O3S/c1-17(28-12-10-27(11-13-28)16-21(29)25-9-6-14-31-2)22(30)26-23-19(15-24)18-7-4-3-5-8-20(18)32-23/h17H,3-14,16H2,1-2H3,(H,25,29)(H,26,30). The lowest BCUT2D eigenvalue weighted by molar-refractivity contribution is -0.124. The Hall–Kier alpha value is -1.99. The predicted octanol–water partition coefficient (Wildman–Crippen LogP) is 1.99. The molecule has 0 aromatic carbocycles. The van der Waals surface area contributed by atoms with E-state index >= 15 is 0 Å². The molecule has 1 unspecified atom stereocenters. The van der Waals surface area contributed by atoms with Gasteiger partial charge in [-0.1, -0.05) is 6.42 Å². The zero-order chi connectivity index (χ0) is 22.9. The minimum absolute atomic E-state index is 0.0295. The van der Waals surface area contributed by atoms with Crippen molar-refractivity contribution in [3.8, 4) is 6.07 Å². The molecule has 1 aliphatic heterocycles. The number of fused-ring (bicyclic) bond motifs is 1. The normalized spacial score (nSPS) is 18.3. The van der Waals surface area contributed by atoms with Crippen molar-refractivity contribution in [2.45, 2.75) is 51.5 Å². The molecule has 0 spiro atoms. The number of hydrogen-bond donors (Lipinski definition) is 2. The van der Waals surface area contributed by atoms with Gasteiger partial charge in [0.05, 0.1) is 18.2 Å². The second kappa shape index (κ2) is 12.3. The zero-order valence-corrected chi connectivity index (χ0v) is 20.1. The SMILES string of the molecule is COCCCNC(=O)CN1CCN(C(C)C(=O)Nc2sc3c(c2C#N)CCCCC3)CC1. The first-order valence-corrected chi connectivity index (χ1v) is 12.4. The van der Waals surface area contributed by atoms with E-state index in [0.717, 1.165) is 63.8 Å². The van der Waals surface area contributed by atoms with Crippen LogP contribution in [0.3, 0.4) is 0 Å². The molecule has 176 valence electrons. The van der Waals surface area contributed by atoms with Crippen LogP contribution in [0.25, 0.3) is 0 Å². The van der Waals surface area contributed by atoms with Gasteiger partial charge in [0.25, 0.3) is 0 Å². The quantitative estimate of drug-likeness (QED) is 0.431. The molecule has 0 saturated carbocycles. The number of carbonyl (C=O) groups excluding carboxylic acids is 2. The first-order chi connectivity index (χ1) is 15.5. The second-order valence-corrected chi connectivity index (χ2v) is 9.66. The number of nitrogens with zero attached hydrogens (tertiary/aromatic N) is 3. The molecule has 32 heavy (non-hydrogen) atoms. The molecule has 8 nitrogen and oxygen atoms in total. The van der Waals surface area contributed by atoms with Crippen LogP contribution in [0.15, 0.2) is 0 Å². The van der Waals surface area contributed by atoms with E-state index in [1.807, 2.05) is 6.92 Å². The Morgan fingerprint density at radius 3 is 2.66 bits per heavy atom. The Morgan fingerprint density at radius 1 is 1.19 bits per heavy atom. The van der Waals surface area contributed by atoms with Gasteiger partial charge in [-0.15, -0.1) is 11.3 Å². The third-order valence-electron chi connectivity index (χ3n) is 6.32. The largest absolute Gasteiger partial charge is 0.385 e. The molecule has 1 fully saturated rings. The number of hydrogen-bond acceptors (Lipinski definition) is 7. The number of methoxy groups -OCH3 is 1. The van der Waals surface area contributed by atoms with Gasteiger partial charge in [0.1, 0.15) is 11.1 Å². The van der Waals surface area contributed by atoms with E-state index in [0.29, 0.717) is 30.3 Å². The van der Waals surface area contributed by atoms with Crippen LogP contribution in [0.5, 0.6) is 0 Å². The number of amides is 2. The Kier molecular flexibility index (Phi) is 9.48. The number of anilines is 1. The number of piperazine rings is 1. The van der Waals surface area contributed by atoms with Gasteiger partial charge >= 0.3 is 0 Å². The molecule has 3 rings (SSSR count). The second-order valence-electron chi connectivity index (χ2n) is 8.55. The van der Waals surface area contributed by atoms with Crippen molar-refractivity contribution in [1.29, 1.82) is 5.26 Å². The van der Waals surface area contributed by atoms with Crippen molar-refractivity contribution < 1.29 is 14.3 Å². The Labute approximate surface area is 194 Å². The summed E-state index contributed by atoms with van der Waals surface area (Å²) < 4.78 is 4.99. The maximum Gasteiger partial charge on any atom is 0.242 e. The van der Waals surface area contributed by atoms with Crippen molar-refractivity contribution in [3.05, 3.63) is 16.0 Å². The first-order valence-electron chi connectivity index (χ1n) is 11.6. The Bertz CT molecular complexity index is 826. The number of aryl methyl sites for hydroxylation is 1. The molecule has 2 aliphatic rings. The molecule has 2 heterocycles. The van der Waals surface area contributed by atoms with Crippen molar-refractivity contribution in [2.75, 3.05) is 58.3 Å². The number of nitrogens with one attached hydrogen (secondary N) is 2. The summed E-state index contributed by atoms with van der Waals surface area (Å²) >= 11 is 1.58. The van der Waals surface area contributed by atoms with Crippen molar-refractivity contribution >= 4 is 28.2 Å². The van der Waals surface area contributed by atoms with Crippen LogP contribution >= 0.6 is 11.3 Å². The summed E-state index contributed by atoms with van der Waals surface area (Å²) in [6.45, 7) is 6.53. The van der Waals surface area contributed by atoms with E-state index in [2.05, 4.69) is 26.5 Å². The summed E-state index contributed by atoms with van der Waals surface area (Å²) in [5, 5.41) is 16.4. The van der Waals surface area contributed by atoms with Crippen LogP contribution < -0.4 is 10.6 Å². The smallest absolute Gasteiger partial charge is 0.242 e. The summed E-state index contributed by atoms with van der Waals surface area (Å²) in [5.74, 6) is -0.0379. The molecule has 1 atom stereocenters. The highest BCUT2D eigenvalue weighted by molar-refractivity contribution is 7.16. The summed E-state index contributed by atoms with van der Waals surface area (Å²) in [7, 11) is 1.65. The molecule has 1 aromatic heterocycles. The molecule has 1 saturated heterocycles. The van der Waals surface area contributed by atoms with Crippen LogP contribution in [0, 0.1) is 11.3 Å². The third kappa shape index (κ3) is 6.51. The molecule has 2 amide bonds. The lowest BCUT2D eigenvalue weighted by Gasteiger charge is -2.37. The summed E-state index contributed by atoms with van der Waals surface area (Å²) in [4.78, 5) is 30.5. The minimum Gasteiger partial charge on any atom is -0.385 e. The van der Waals surface area contributed by atoms with E-state index in [9.17, 15) is 14.9 Å². The topological polar surface area (TPSA) is 97.7 Å². The number of ether oxygens (including phenoxy) is 1. The maximum absolute atomic E-state index is 12.9. The van der Waals surface area contributed by atoms with Gasteiger partial charge in [-0.2, -0.15) is 5.26 Å². The fraction of sp³-hybridized carbons (Fsp3) is 0.696. The number of rotatable bonds is 9. The van der Waals surface area contributed by atoms with Crippen LogP contribution in [0.4, 0.5) is 5.00 Å². The zero-order valence-electron chi connectivity index (χ0n) is 19.2. The van der Waals surface area contributed by atoms with Gasteiger partial charge in [0, 0.05) is 51.3 Å². The lowest BCUT2D eigenvalue weighted by Crippen LogP contribution is -2.54. The Balaban J connectivity index is 1.47. The average molecular weight is 462 g/mol. The monoisotopic (exact) mass is 461 g/mol. The number of nitriles is 1. The molecular weight excluding hydrogens is 426 g/mol. The highest BCUT2D eigenvalue weighted by atomic mass is 32.1. The lowest BCUT2D eigenvalue weighted by atomic mass is 10.1. The van der Waals surface area contributed by atoms with E-state index in [4.69, 9.17) is 4.74 Å². The number of thiophene rings is 1. The molecule has 2 N–H and O–H groups in total. The van der Waals surface area contributed by atoms with Gasteiger partial charge < -0.3 is 15.4 Å². The van der Waals surface area contributed by atoms with Gasteiger partial charge in [-0.3, -0.25) is 19.4 Å². The van der Waals surface area contributed by atoms with Gasteiger partial charge in [-0.05, 0) is 44.6 Å². The summed E-state index contributed by atoms with van der Waals surface area (Å²) in [6.07, 6.45) is 6.20. The van der Waals surface area contributed by atoms with E-state index < -0.39 is 0 Å². The summed E-state index contributed by atoms with van der Waals surface area (Å²) in [5.41, 5.74) is 1.81. The highest BCUT2D eigenvalue weighted by Gasteiger charge is 2.28. The van der Waals surface area contributed by atoms with Crippen LogP contribution in [0.1, 0.15) is 48.6 Å². The molecular formula is C23H35N5O3S. The Morgan fingerprint density at radius 2 is 1.94 bits per heavy atom. The van der Waals surface area contributed by atoms with Crippen molar-refractivity contribution in [2.24, 2.45) is 0 Å². The van der Waals surface area contributed by atoms with Gasteiger partial charge in [0.15, 0.2) is 0 Å². The number of carbonyl (C=O) groups is 2. The molecule has 1 aromatic rings. The summed E-state index contributed by atoms with van der Waals surface area (Å²) in [6, 6.07) is 2.05. The molecule has 0 radical (unpaired) electrons. The minimum atomic E-state index is -0.284. The molecule has 0 bridgehead atoms. The van der Waals surface area contributed by atoms with E-state index in [-0.39, 0.29) is 17.9 Å².